The van der Waals surface area contributed by atoms with Crippen LogP contribution in [0.5, 0.6) is 0 Å². The quantitative estimate of drug-likeness (QED) is 0.728. The third-order valence-electron chi connectivity index (χ3n) is 3.11. The molecule has 5 nitrogen and oxygen atoms in total. The van der Waals surface area contributed by atoms with Crippen LogP contribution in [0.4, 0.5) is 0 Å². The molecule has 0 saturated carbocycles. The Morgan fingerprint density at radius 1 is 1.32 bits per heavy atom. The zero-order chi connectivity index (χ0) is 15.7. The van der Waals surface area contributed by atoms with Crippen molar-refractivity contribution >= 4 is 51.5 Å². The van der Waals surface area contributed by atoms with E-state index in [4.69, 9.17) is 23.2 Å². The molecular weight excluding hydrogens is 343 g/mol. The number of rotatable bonds is 4. The van der Waals surface area contributed by atoms with Crippen LogP contribution in [0.3, 0.4) is 0 Å². The number of thiophene rings is 1. The first-order valence-electron chi connectivity index (χ1n) is 6.49. The van der Waals surface area contributed by atoms with E-state index in [0.717, 1.165) is 5.52 Å². The second-order valence-electron chi connectivity index (χ2n) is 4.83. The Hall–Kier alpha value is -1.63. The van der Waals surface area contributed by atoms with Gasteiger partial charge >= 0.3 is 0 Å². The SMILES string of the molecule is CC(Cl)(Cl)C(NC(=O)c1cccs1)n1nnc2ccccc21. The molecule has 1 aromatic carbocycles. The van der Waals surface area contributed by atoms with E-state index in [1.807, 2.05) is 29.6 Å². The standard InChI is InChI=1S/C14H12Cl2N4OS/c1-14(15,16)13(17-12(21)11-7-4-8-22-11)20-10-6-3-2-5-9(10)18-19-20/h2-8,13H,1H3,(H,17,21). The van der Waals surface area contributed by atoms with Crippen LogP contribution in [0.15, 0.2) is 41.8 Å². The molecule has 3 rings (SSSR count). The van der Waals surface area contributed by atoms with Gasteiger partial charge in [0, 0.05) is 0 Å². The minimum Gasteiger partial charge on any atom is -0.327 e. The van der Waals surface area contributed by atoms with Crippen LogP contribution in [-0.2, 0) is 0 Å². The number of carbonyl (C=O) groups excluding carboxylic acids is 1. The maximum atomic E-state index is 12.3. The molecule has 1 amide bonds. The monoisotopic (exact) mass is 354 g/mol. The van der Waals surface area contributed by atoms with E-state index in [2.05, 4.69) is 15.6 Å². The molecule has 1 atom stereocenters. The summed E-state index contributed by atoms with van der Waals surface area (Å²) in [4.78, 5) is 12.9. The summed E-state index contributed by atoms with van der Waals surface area (Å²) in [6.45, 7) is 1.60. The lowest BCUT2D eigenvalue weighted by molar-refractivity contribution is 0.0915. The molecule has 114 valence electrons. The Morgan fingerprint density at radius 2 is 2.09 bits per heavy atom. The van der Waals surface area contributed by atoms with Crippen molar-refractivity contribution in [3.8, 4) is 0 Å². The lowest BCUT2D eigenvalue weighted by Gasteiger charge is -2.27. The van der Waals surface area contributed by atoms with Crippen LogP contribution in [0.2, 0.25) is 0 Å². The van der Waals surface area contributed by atoms with Gasteiger partial charge in [0.25, 0.3) is 5.91 Å². The van der Waals surface area contributed by atoms with E-state index in [1.165, 1.54) is 16.0 Å². The molecule has 0 aliphatic rings. The summed E-state index contributed by atoms with van der Waals surface area (Å²) >= 11 is 13.9. The third kappa shape index (κ3) is 2.95. The molecule has 3 aromatic rings. The fourth-order valence-electron chi connectivity index (χ4n) is 2.08. The summed E-state index contributed by atoms with van der Waals surface area (Å²) < 4.78 is 0.268. The first-order valence-corrected chi connectivity index (χ1v) is 8.12. The van der Waals surface area contributed by atoms with Crippen LogP contribution in [0.25, 0.3) is 11.0 Å². The predicted octanol–water partition coefficient (Wildman–Crippen LogP) is 3.62. The second-order valence-corrected chi connectivity index (χ2v) is 7.54. The number of alkyl halides is 2. The van der Waals surface area contributed by atoms with Crippen LogP contribution in [-0.4, -0.2) is 25.2 Å². The largest absolute Gasteiger partial charge is 0.327 e. The summed E-state index contributed by atoms with van der Waals surface area (Å²) in [6.07, 6.45) is -0.752. The number of halogens is 2. The first-order chi connectivity index (χ1) is 10.5. The molecule has 0 aliphatic heterocycles. The highest BCUT2D eigenvalue weighted by atomic mass is 35.5. The van der Waals surface area contributed by atoms with Gasteiger partial charge in [-0.2, -0.15) is 0 Å². The van der Waals surface area contributed by atoms with E-state index < -0.39 is 10.5 Å². The summed E-state index contributed by atoms with van der Waals surface area (Å²) in [6, 6.07) is 10.9. The molecule has 2 heterocycles. The minimum absolute atomic E-state index is 0.257. The van der Waals surface area contributed by atoms with E-state index in [1.54, 1.807) is 19.1 Å². The predicted molar refractivity (Wildman–Crippen MR) is 88.5 cm³/mol. The Bertz CT molecular complexity index is 795. The van der Waals surface area contributed by atoms with Crippen molar-refractivity contribution in [3.63, 3.8) is 0 Å². The van der Waals surface area contributed by atoms with Gasteiger partial charge in [0.05, 0.1) is 10.4 Å². The highest BCUT2D eigenvalue weighted by molar-refractivity contribution is 7.12. The molecule has 0 spiro atoms. The molecule has 0 fully saturated rings. The molecule has 8 heteroatoms. The number of nitrogens with zero attached hydrogens (tertiary/aromatic N) is 3. The molecule has 0 bridgehead atoms. The highest BCUT2D eigenvalue weighted by Crippen LogP contribution is 2.33. The maximum Gasteiger partial charge on any atom is 0.263 e. The summed E-state index contributed by atoms with van der Waals surface area (Å²) in [5, 5.41) is 12.8. The van der Waals surface area contributed by atoms with Crippen molar-refractivity contribution in [2.75, 3.05) is 0 Å². The molecule has 0 saturated heterocycles. The molecule has 22 heavy (non-hydrogen) atoms. The highest BCUT2D eigenvalue weighted by Gasteiger charge is 2.35. The van der Waals surface area contributed by atoms with Crippen molar-refractivity contribution in [2.24, 2.45) is 0 Å². The number of fused-ring (bicyclic) bond motifs is 1. The number of carbonyl (C=O) groups is 1. The van der Waals surface area contributed by atoms with Crippen molar-refractivity contribution in [1.29, 1.82) is 0 Å². The summed E-state index contributed by atoms with van der Waals surface area (Å²) in [7, 11) is 0. The molecule has 1 N–H and O–H groups in total. The molecule has 0 radical (unpaired) electrons. The number of para-hydroxylation sites is 1. The van der Waals surface area contributed by atoms with Gasteiger partial charge < -0.3 is 5.32 Å². The number of hydrogen-bond donors (Lipinski definition) is 1. The van der Waals surface area contributed by atoms with Crippen LogP contribution in [0.1, 0.15) is 22.8 Å². The van der Waals surface area contributed by atoms with Gasteiger partial charge in [-0.05, 0) is 30.5 Å². The Labute approximate surface area is 140 Å². The molecule has 0 aliphatic carbocycles. The van der Waals surface area contributed by atoms with Gasteiger partial charge in [0.2, 0.25) is 0 Å². The smallest absolute Gasteiger partial charge is 0.263 e. The lowest BCUT2D eigenvalue weighted by Crippen LogP contribution is -2.41. The van der Waals surface area contributed by atoms with Crippen molar-refractivity contribution in [3.05, 3.63) is 46.7 Å². The van der Waals surface area contributed by atoms with E-state index in [0.29, 0.717) is 10.4 Å². The van der Waals surface area contributed by atoms with Gasteiger partial charge in [0.15, 0.2) is 10.5 Å². The number of hydrogen-bond acceptors (Lipinski definition) is 4. The maximum absolute atomic E-state index is 12.3. The summed E-state index contributed by atoms with van der Waals surface area (Å²) in [5.74, 6) is -0.257. The van der Waals surface area contributed by atoms with E-state index in [-0.39, 0.29) is 5.91 Å². The summed E-state index contributed by atoms with van der Waals surface area (Å²) in [5.41, 5.74) is 1.45. The Morgan fingerprint density at radius 3 is 2.77 bits per heavy atom. The number of aromatic nitrogens is 3. The van der Waals surface area contributed by atoms with Gasteiger partial charge in [-0.3, -0.25) is 4.79 Å². The van der Waals surface area contributed by atoms with Crippen LogP contribution in [0, 0.1) is 0 Å². The van der Waals surface area contributed by atoms with Gasteiger partial charge in [-0.15, -0.1) is 16.4 Å². The Balaban J connectivity index is 1.99. The third-order valence-corrected chi connectivity index (χ3v) is 4.40. The molecule has 1 unspecified atom stereocenters. The van der Waals surface area contributed by atoms with Gasteiger partial charge in [0.1, 0.15) is 5.52 Å². The number of benzene rings is 1. The van der Waals surface area contributed by atoms with E-state index >= 15 is 0 Å². The Kier molecular flexibility index (Phi) is 4.08. The molecule has 2 aromatic heterocycles. The minimum atomic E-state index is -1.26. The van der Waals surface area contributed by atoms with Crippen LogP contribution >= 0.6 is 34.5 Å². The fourth-order valence-corrected chi connectivity index (χ4v) is 3.00. The molecular formula is C14H12Cl2N4OS. The first kappa shape index (κ1) is 15.3. The van der Waals surface area contributed by atoms with Crippen molar-refractivity contribution in [1.82, 2.24) is 20.3 Å². The fraction of sp³-hybridized carbons (Fsp3) is 0.214. The number of amides is 1. The van der Waals surface area contributed by atoms with E-state index in [9.17, 15) is 4.79 Å². The van der Waals surface area contributed by atoms with Gasteiger partial charge in [-0.1, -0.05) is 46.6 Å². The van der Waals surface area contributed by atoms with Crippen molar-refractivity contribution < 1.29 is 4.79 Å². The second kappa shape index (κ2) is 5.87. The lowest BCUT2D eigenvalue weighted by atomic mass is 10.3. The average molecular weight is 355 g/mol. The zero-order valence-electron chi connectivity index (χ0n) is 11.5. The van der Waals surface area contributed by atoms with Crippen LogP contribution < -0.4 is 5.32 Å². The number of nitrogens with one attached hydrogen (secondary N) is 1. The average Bonchev–Trinajstić information content (AvgIpc) is 3.13. The zero-order valence-corrected chi connectivity index (χ0v) is 13.9. The van der Waals surface area contributed by atoms with Crippen molar-refractivity contribution in [2.45, 2.75) is 17.4 Å². The normalized spacial score (nSPS) is 13.2. The van der Waals surface area contributed by atoms with Gasteiger partial charge in [-0.25, -0.2) is 4.68 Å². The topological polar surface area (TPSA) is 59.8 Å².